The van der Waals surface area contributed by atoms with Gasteiger partial charge in [0.2, 0.25) is 5.91 Å². The zero-order chi connectivity index (χ0) is 19.4. The summed E-state index contributed by atoms with van der Waals surface area (Å²) in [5, 5.41) is 20.9. The molecule has 0 bridgehead atoms. The molecule has 1 aliphatic heterocycles. The molecule has 0 unspecified atom stereocenters. The van der Waals surface area contributed by atoms with Gasteiger partial charge in [0.05, 0.1) is 5.69 Å². The lowest BCUT2D eigenvalue weighted by molar-refractivity contribution is -0.116. The molecule has 0 saturated carbocycles. The number of amides is 1. The van der Waals surface area contributed by atoms with E-state index in [2.05, 4.69) is 25.7 Å². The Balaban J connectivity index is 1.69. The van der Waals surface area contributed by atoms with Crippen LogP contribution in [0.15, 0.2) is 36.7 Å². The van der Waals surface area contributed by atoms with Crippen LogP contribution in [0.5, 0.6) is 0 Å². The van der Waals surface area contributed by atoms with Crippen molar-refractivity contribution in [3.63, 3.8) is 0 Å². The van der Waals surface area contributed by atoms with E-state index in [9.17, 15) is 4.79 Å². The van der Waals surface area contributed by atoms with Crippen LogP contribution in [0.25, 0.3) is 11.5 Å². The largest absolute Gasteiger partial charge is 0.310 e. The maximum atomic E-state index is 12.5. The molecule has 1 aliphatic rings. The number of carbonyl (C=O) groups excluding carboxylic acids is 1. The summed E-state index contributed by atoms with van der Waals surface area (Å²) in [6, 6.07) is 8.89. The second kappa shape index (κ2) is 6.29. The van der Waals surface area contributed by atoms with Gasteiger partial charge >= 0.3 is 0 Å². The molecule has 0 saturated heterocycles. The number of hydrogen-bond acceptors (Lipinski definition) is 5. The van der Waals surface area contributed by atoms with Gasteiger partial charge in [0, 0.05) is 27.9 Å². The summed E-state index contributed by atoms with van der Waals surface area (Å²) in [5.74, 6) is 0.792. The molecule has 1 N–H and O–H groups in total. The Morgan fingerprint density at radius 2 is 2.04 bits per heavy atom. The molecular formula is C18H13Cl2N7O. The standard InChI is InChI=1S/C18H13Cl2N7O/c1-9-17-12(11-3-2-10(19)6-13(11)20)7-16(28)22-18(17)27(24-9)15-5-4-14-23-21-8-26(14)25-15/h2-6,8,12H,7H2,1H3,(H,22,28)/t12-/m1/s1. The fourth-order valence-electron chi connectivity index (χ4n) is 3.59. The number of halogens is 2. The van der Waals surface area contributed by atoms with E-state index in [-0.39, 0.29) is 18.2 Å². The predicted molar refractivity (Wildman–Crippen MR) is 104 cm³/mol. The molecule has 10 heteroatoms. The van der Waals surface area contributed by atoms with Crippen LogP contribution in [-0.2, 0) is 4.79 Å². The Morgan fingerprint density at radius 1 is 1.18 bits per heavy atom. The zero-order valence-electron chi connectivity index (χ0n) is 14.6. The lowest BCUT2D eigenvalue weighted by Gasteiger charge is -2.25. The molecule has 4 aromatic rings. The predicted octanol–water partition coefficient (Wildman–Crippen LogP) is 3.40. The van der Waals surface area contributed by atoms with Crippen molar-refractivity contribution in [2.75, 3.05) is 5.32 Å². The first kappa shape index (κ1) is 17.2. The summed E-state index contributed by atoms with van der Waals surface area (Å²) in [4.78, 5) is 12.5. The SMILES string of the molecule is Cc1nn(-c2ccc3nncn3n2)c2c1[C@@H](c1ccc(Cl)cc1Cl)CC(=O)N2. The van der Waals surface area contributed by atoms with Gasteiger partial charge < -0.3 is 5.32 Å². The first-order valence-corrected chi connectivity index (χ1v) is 9.28. The number of aromatic nitrogens is 6. The van der Waals surface area contributed by atoms with Crippen molar-refractivity contribution in [2.45, 2.75) is 19.3 Å². The molecule has 5 rings (SSSR count). The van der Waals surface area contributed by atoms with Crippen molar-refractivity contribution in [1.82, 2.24) is 29.6 Å². The fraction of sp³-hybridized carbons (Fsp3) is 0.167. The van der Waals surface area contributed by atoms with Crippen molar-refractivity contribution in [3.8, 4) is 5.82 Å². The molecule has 3 aromatic heterocycles. The summed E-state index contributed by atoms with van der Waals surface area (Å²) < 4.78 is 3.18. The molecule has 0 spiro atoms. The molecule has 1 amide bonds. The van der Waals surface area contributed by atoms with Crippen molar-refractivity contribution in [2.24, 2.45) is 0 Å². The maximum Gasteiger partial charge on any atom is 0.226 e. The van der Waals surface area contributed by atoms with E-state index in [1.165, 1.54) is 6.33 Å². The van der Waals surface area contributed by atoms with Gasteiger partial charge in [-0.15, -0.1) is 15.3 Å². The second-order valence-corrected chi connectivity index (χ2v) is 7.40. The van der Waals surface area contributed by atoms with Gasteiger partial charge in [-0.1, -0.05) is 29.3 Å². The van der Waals surface area contributed by atoms with Gasteiger partial charge in [-0.05, 0) is 36.8 Å². The number of fused-ring (bicyclic) bond motifs is 2. The molecule has 28 heavy (non-hydrogen) atoms. The van der Waals surface area contributed by atoms with Crippen LogP contribution < -0.4 is 5.32 Å². The van der Waals surface area contributed by atoms with Gasteiger partial charge in [0.25, 0.3) is 0 Å². The first-order valence-electron chi connectivity index (χ1n) is 8.53. The molecule has 140 valence electrons. The van der Waals surface area contributed by atoms with Crippen LogP contribution in [0, 0.1) is 6.92 Å². The zero-order valence-corrected chi connectivity index (χ0v) is 16.1. The topological polar surface area (TPSA) is 90.0 Å². The highest BCUT2D eigenvalue weighted by atomic mass is 35.5. The van der Waals surface area contributed by atoms with E-state index in [0.29, 0.717) is 27.3 Å². The molecular weight excluding hydrogens is 401 g/mol. The average molecular weight is 414 g/mol. The van der Waals surface area contributed by atoms with E-state index in [1.54, 1.807) is 33.5 Å². The van der Waals surface area contributed by atoms with Crippen LogP contribution in [0.1, 0.15) is 29.2 Å². The highest BCUT2D eigenvalue weighted by Crippen LogP contribution is 2.42. The summed E-state index contributed by atoms with van der Waals surface area (Å²) in [6.45, 7) is 1.90. The number of aryl methyl sites for hydroxylation is 1. The van der Waals surface area contributed by atoms with Crippen LogP contribution in [0.3, 0.4) is 0 Å². The third-order valence-electron chi connectivity index (χ3n) is 4.81. The fourth-order valence-corrected chi connectivity index (χ4v) is 4.13. The maximum absolute atomic E-state index is 12.5. The number of carbonyl (C=O) groups is 1. The Hall–Kier alpha value is -2.97. The van der Waals surface area contributed by atoms with E-state index in [0.717, 1.165) is 16.8 Å². The Morgan fingerprint density at radius 3 is 2.86 bits per heavy atom. The highest BCUT2D eigenvalue weighted by molar-refractivity contribution is 6.35. The van der Waals surface area contributed by atoms with E-state index >= 15 is 0 Å². The summed E-state index contributed by atoms with van der Waals surface area (Å²) in [5.41, 5.74) is 3.16. The van der Waals surface area contributed by atoms with Gasteiger partial charge in [-0.3, -0.25) is 4.79 Å². The minimum Gasteiger partial charge on any atom is -0.310 e. The van der Waals surface area contributed by atoms with E-state index in [4.69, 9.17) is 23.2 Å². The number of anilines is 1. The van der Waals surface area contributed by atoms with Crippen molar-refractivity contribution < 1.29 is 4.79 Å². The summed E-state index contributed by atoms with van der Waals surface area (Å²) in [7, 11) is 0. The number of benzene rings is 1. The third-order valence-corrected chi connectivity index (χ3v) is 5.37. The Labute approximate surface area is 169 Å². The minimum atomic E-state index is -0.221. The van der Waals surface area contributed by atoms with Crippen LogP contribution >= 0.6 is 23.2 Å². The molecule has 0 fully saturated rings. The van der Waals surface area contributed by atoms with Crippen LogP contribution in [0.2, 0.25) is 10.0 Å². The van der Waals surface area contributed by atoms with Crippen molar-refractivity contribution in [1.29, 1.82) is 0 Å². The quantitative estimate of drug-likeness (QED) is 0.543. The molecule has 0 radical (unpaired) electrons. The van der Waals surface area contributed by atoms with E-state index < -0.39 is 0 Å². The van der Waals surface area contributed by atoms with Gasteiger partial charge in [0.1, 0.15) is 12.1 Å². The Bertz CT molecular complexity index is 1250. The molecule has 4 heterocycles. The number of nitrogens with zero attached hydrogens (tertiary/aromatic N) is 6. The van der Waals surface area contributed by atoms with Crippen molar-refractivity contribution in [3.05, 3.63) is 63.5 Å². The lowest BCUT2D eigenvalue weighted by Crippen LogP contribution is -2.25. The van der Waals surface area contributed by atoms with Gasteiger partial charge in [-0.2, -0.15) is 14.3 Å². The average Bonchev–Trinajstić information content (AvgIpc) is 3.25. The van der Waals surface area contributed by atoms with E-state index in [1.807, 2.05) is 13.0 Å². The number of hydrogen-bond donors (Lipinski definition) is 1. The lowest BCUT2D eigenvalue weighted by atomic mass is 9.86. The normalized spacial score (nSPS) is 16.2. The second-order valence-electron chi connectivity index (χ2n) is 6.56. The summed E-state index contributed by atoms with van der Waals surface area (Å²) in [6.07, 6.45) is 1.79. The summed E-state index contributed by atoms with van der Waals surface area (Å²) >= 11 is 12.5. The van der Waals surface area contributed by atoms with Gasteiger partial charge in [0.15, 0.2) is 11.5 Å². The minimum absolute atomic E-state index is 0.116. The first-order chi connectivity index (χ1) is 13.5. The highest BCUT2D eigenvalue weighted by Gasteiger charge is 2.34. The Kier molecular flexibility index (Phi) is 3.85. The monoisotopic (exact) mass is 413 g/mol. The molecule has 0 aliphatic carbocycles. The van der Waals surface area contributed by atoms with Crippen molar-refractivity contribution >= 4 is 40.6 Å². The molecule has 1 aromatic carbocycles. The number of rotatable bonds is 2. The smallest absolute Gasteiger partial charge is 0.226 e. The van der Waals surface area contributed by atoms with Gasteiger partial charge in [-0.25, -0.2) is 0 Å². The molecule has 8 nitrogen and oxygen atoms in total. The molecule has 1 atom stereocenters. The number of nitrogens with one attached hydrogen (secondary N) is 1. The van der Waals surface area contributed by atoms with Crippen LogP contribution in [-0.4, -0.2) is 35.5 Å². The van der Waals surface area contributed by atoms with Crippen LogP contribution in [0.4, 0.5) is 5.82 Å². The third kappa shape index (κ3) is 2.64.